The van der Waals surface area contributed by atoms with Crippen molar-refractivity contribution >= 4 is 52.2 Å². The lowest BCUT2D eigenvalue weighted by Crippen LogP contribution is -2.33. The summed E-state index contributed by atoms with van der Waals surface area (Å²) < 4.78 is 1.36. The van der Waals surface area contributed by atoms with Crippen LogP contribution in [0.5, 0.6) is 5.75 Å². The van der Waals surface area contributed by atoms with Crippen LogP contribution in [0, 0.1) is 5.92 Å². The van der Waals surface area contributed by atoms with Gasteiger partial charge in [0.05, 0.1) is 16.6 Å². The van der Waals surface area contributed by atoms with Crippen LogP contribution in [0.1, 0.15) is 16.4 Å². The standard InChI is InChI=1S/C27H20N4O5S2/c32-18-10-8-16(9-11-18)29-19(33)14-30-26-23(38-27(30)36)20(15-5-4-12-28-13-15)21-22(37-26)25(35)31(24(21)34)17-6-2-1-3-7-17/h1-13,20-22,32H,14H2,(H,29,33). The minimum Gasteiger partial charge on any atom is -0.508 e. The number of anilines is 2. The fourth-order valence-corrected chi connectivity index (χ4v) is 7.67. The van der Waals surface area contributed by atoms with Crippen molar-refractivity contribution in [1.82, 2.24) is 9.55 Å². The van der Waals surface area contributed by atoms with Crippen LogP contribution in [0.3, 0.4) is 0 Å². The van der Waals surface area contributed by atoms with Gasteiger partial charge in [-0.15, -0.1) is 0 Å². The molecule has 2 aromatic carbocycles. The van der Waals surface area contributed by atoms with E-state index in [-0.39, 0.29) is 29.0 Å². The van der Waals surface area contributed by atoms with Crippen LogP contribution in [-0.4, -0.2) is 37.6 Å². The number of hydrogen-bond acceptors (Lipinski definition) is 8. The van der Waals surface area contributed by atoms with E-state index in [9.17, 15) is 24.3 Å². The molecule has 3 unspecified atom stereocenters. The van der Waals surface area contributed by atoms with Crippen LogP contribution < -0.4 is 15.1 Å². The van der Waals surface area contributed by atoms with Gasteiger partial charge in [0.25, 0.3) is 0 Å². The van der Waals surface area contributed by atoms with Gasteiger partial charge >= 0.3 is 4.87 Å². The smallest absolute Gasteiger partial charge is 0.308 e. The number of benzene rings is 2. The summed E-state index contributed by atoms with van der Waals surface area (Å²) in [5, 5.41) is 11.9. The Labute approximate surface area is 224 Å². The molecule has 0 saturated carbocycles. The number of nitrogens with zero attached hydrogens (tertiary/aromatic N) is 3. The highest BCUT2D eigenvalue weighted by Crippen LogP contribution is 2.53. The molecule has 190 valence electrons. The molecule has 2 aliphatic rings. The number of aromatic hydroxyl groups is 1. The maximum absolute atomic E-state index is 13.7. The Morgan fingerprint density at radius 1 is 0.974 bits per heavy atom. The number of amides is 3. The molecule has 3 amide bonds. The Balaban J connectivity index is 1.40. The second kappa shape index (κ2) is 9.58. The number of rotatable bonds is 5. The molecule has 9 nitrogen and oxygen atoms in total. The average Bonchev–Trinajstić information content (AvgIpc) is 3.37. The Bertz CT molecular complexity index is 1600. The monoisotopic (exact) mass is 544 g/mol. The number of hydrogen-bond donors (Lipinski definition) is 2. The summed E-state index contributed by atoms with van der Waals surface area (Å²) in [4.78, 5) is 59.1. The number of phenolic OH excluding ortho intramolecular Hbond substituents is 1. The van der Waals surface area contributed by atoms with Crippen molar-refractivity contribution in [2.75, 3.05) is 10.2 Å². The number of phenols is 1. The maximum Gasteiger partial charge on any atom is 0.308 e. The molecule has 2 aliphatic heterocycles. The van der Waals surface area contributed by atoms with Gasteiger partial charge in [0.15, 0.2) is 0 Å². The Kier molecular flexibility index (Phi) is 6.09. The summed E-state index contributed by atoms with van der Waals surface area (Å²) in [6.45, 7) is -0.264. The minimum absolute atomic E-state index is 0.0684. The molecule has 2 aromatic heterocycles. The molecule has 4 aromatic rings. The number of thiazole rings is 1. The Morgan fingerprint density at radius 2 is 1.74 bits per heavy atom. The van der Waals surface area contributed by atoms with E-state index in [0.717, 1.165) is 28.7 Å². The molecule has 2 N–H and O–H groups in total. The van der Waals surface area contributed by atoms with Crippen LogP contribution in [0.4, 0.5) is 11.4 Å². The van der Waals surface area contributed by atoms with E-state index in [1.165, 1.54) is 21.6 Å². The molecule has 11 heteroatoms. The van der Waals surface area contributed by atoms with Crippen molar-refractivity contribution in [1.29, 1.82) is 0 Å². The predicted octanol–water partition coefficient (Wildman–Crippen LogP) is 3.44. The fourth-order valence-electron chi connectivity index (χ4n) is 4.89. The summed E-state index contributed by atoms with van der Waals surface area (Å²) in [6.07, 6.45) is 3.27. The highest BCUT2D eigenvalue weighted by atomic mass is 32.2. The van der Waals surface area contributed by atoms with Crippen LogP contribution >= 0.6 is 23.1 Å². The van der Waals surface area contributed by atoms with Gasteiger partial charge in [0, 0.05) is 28.9 Å². The number of fused-ring (bicyclic) bond motifs is 2. The SMILES string of the molecule is O=C(Cn1c2c(sc1=O)C(c1cccnc1)C1C(=O)N(c3ccccc3)C(=O)C1S2)Nc1ccc(O)cc1. The molecule has 0 bridgehead atoms. The van der Waals surface area contributed by atoms with Crippen molar-refractivity contribution in [2.24, 2.45) is 5.92 Å². The van der Waals surface area contributed by atoms with E-state index in [1.54, 1.807) is 54.9 Å². The zero-order chi connectivity index (χ0) is 26.4. The van der Waals surface area contributed by atoms with Gasteiger partial charge in [0.1, 0.15) is 17.5 Å². The van der Waals surface area contributed by atoms with E-state index in [1.807, 2.05) is 12.1 Å². The summed E-state index contributed by atoms with van der Waals surface area (Å²) in [5.74, 6) is -2.32. The number of imide groups is 1. The van der Waals surface area contributed by atoms with Gasteiger partial charge in [-0.25, -0.2) is 4.90 Å². The van der Waals surface area contributed by atoms with Gasteiger partial charge in [-0.3, -0.25) is 28.7 Å². The van der Waals surface area contributed by atoms with Crippen molar-refractivity contribution < 1.29 is 19.5 Å². The Morgan fingerprint density at radius 3 is 2.45 bits per heavy atom. The van der Waals surface area contributed by atoms with E-state index < -0.39 is 23.0 Å². The van der Waals surface area contributed by atoms with E-state index in [4.69, 9.17) is 0 Å². The number of aromatic nitrogens is 2. The largest absolute Gasteiger partial charge is 0.508 e. The third-order valence-corrected chi connectivity index (χ3v) is 9.16. The first-order chi connectivity index (χ1) is 18.4. The summed E-state index contributed by atoms with van der Waals surface area (Å²) in [7, 11) is 0. The number of nitrogens with one attached hydrogen (secondary N) is 1. The number of para-hydroxylation sites is 1. The molecule has 1 saturated heterocycles. The zero-order valence-electron chi connectivity index (χ0n) is 19.7. The molecular weight excluding hydrogens is 524 g/mol. The van der Waals surface area contributed by atoms with Crippen molar-refractivity contribution in [3.8, 4) is 5.75 Å². The summed E-state index contributed by atoms with van der Waals surface area (Å²) in [6, 6.07) is 18.4. The quantitative estimate of drug-likeness (QED) is 0.292. The van der Waals surface area contributed by atoms with Crippen LogP contribution in [0.15, 0.2) is 88.9 Å². The molecule has 0 radical (unpaired) electrons. The normalized spacial score (nSPS) is 20.2. The fraction of sp³-hybridized carbons (Fsp3) is 0.148. The first kappa shape index (κ1) is 24.1. The average molecular weight is 545 g/mol. The number of carbonyl (C=O) groups excluding carboxylic acids is 3. The third kappa shape index (κ3) is 4.09. The first-order valence-corrected chi connectivity index (χ1v) is 13.4. The number of thioether (sulfide) groups is 1. The number of pyridine rings is 1. The van der Waals surface area contributed by atoms with Crippen LogP contribution in [-0.2, 0) is 20.9 Å². The minimum atomic E-state index is -0.763. The third-order valence-electron chi connectivity index (χ3n) is 6.56. The second-order valence-corrected chi connectivity index (χ2v) is 11.0. The van der Waals surface area contributed by atoms with E-state index in [0.29, 0.717) is 21.3 Å². The second-order valence-electron chi connectivity index (χ2n) is 8.89. The highest BCUT2D eigenvalue weighted by Gasteiger charge is 2.56. The lowest BCUT2D eigenvalue weighted by atomic mass is 9.84. The van der Waals surface area contributed by atoms with Crippen molar-refractivity contribution in [2.45, 2.75) is 22.7 Å². The molecule has 0 aliphatic carbocycles. The van der Waals surface area contributed by atoms with Gasteiger partial charge in [0.2, 0.25) is 17.7 Å². The van der Waals surface area contributed by atoms with Crippen LogP contribution in [0.2, 0.25) is 0 Å². The topological polar surface area (TPSA) is 122 Å². The van der Waals surface area contributed by atoms with Crippen LogP contribution in [0.25, 0.3) is 0 Å². The first-order valence-electron chi connectivity index (χ1n) is 11.7. The van der Waals surface area contributed by atoms with Gasteiger partial charge in [-0.1, -0.05) is 47.4 Å². The van der Waals surface area contributed by atoms with E-state index >= 15 is 0 Å². The summed E-state index contributed by atoms with van der Waals surface area (Å²) >= 11 is 2.14. The molecule has 4 heterocycles. The molecule has 1 fully saturated rings. The molecule has 38 heavy (non-hydrogen) atoms. The predicted molar refractivity (Wildman–Crippen MR) is 143 cm³/mol. The highest BCUT2D eigenvalue weighted by molar-refractivity contribution is 8.00. The van der Waals surface area contributed by atoms with Gasteiger partial charge < -0.3 is 10.4 Å². The number of carbonyl (C=O) groups is 3. The summed E-state index contributed by atoms with van der Waals surface area (Å²) in [5.41, 5.74) is 1.69. The zero-order valence-corrected chi connectivity index (χ0v) is 21.3. The molecule has 0 spiro atoms. The van der Waals surface area contributed by atoms with Crippen molar-refractivity contribution in [3.63, 3.8) is 0 Å². The molecular formula is C27H20N4O5S2. The lowest BCUT2D eigenvalue weighted by molar-refractivity contribution is -0.122. The molecule has 3 atom stereocenters. The van der Waals surface area contributed by atoms with Gasteiger partial charge in [-0.05, 0) is 48.0 Å². The van der Waals surface area contributed by atoms with E-state index in [2.05, 4.69) is 10.3 Å². The molecule has 6 rings (SSSR count). The maximum atomic E-state index is 13.7. The lowest BCUT2D eigenvalue weighted by Gasteiger charge is -2.30. The van der Waals surface area contributed by atoms with Gasteiger partial charge in [-0.2, -0.15) is 0 Å². The van der Waals surface area contributed by atoms with Crippen molar-refractivity contribution in [3.05, 3.63) is 99.2 Å². The Hall–Kier alpha value is -4.22.